The molecule has 0 atom stereocenters. The number of hydrogen-bond donors (Lipinski definition) is 1. The number of sulfonamides is 1. The van der Waals surface area contributed by atoms with Gasteiger partial charge in [0.25, 0.3) is 5.91 Å². The number of esters is 1. The standard InChI is InChI=1S/C24H23N3O5S/c1-18(28)32-23-14-8-19(9-15-23)16-25-26-24(29)21-10-12-22(13-11-21)27(33(2,30)31)17-20-6-4-3-5-7-20/h3-16H,17H2,1-2H3,(H,26,29)/b25-16+. The van der Waals surface area contributed by atoms with Crippen molar-refractivity contribution in [3.8, 4) is 5.75 Å². The third kappa shape index (κ3) is 7.01. The Labute approximate surface area is 192 Å². The summed E-state index contributed by atoms with van der Waals surface area (Å²) in [5, 5.41) is 3.92. The van der Waals surface area contributed by atoms with Crippen molar-refractivity contribution in [2.45, 2.75) is 13.5 Å². The molecule has 0 unspecified atom stereocenters. The molecular formula is C24H23N3O5S. The summed E-state index contributed by atoms with van der Waals surface area (Å²) in [5.74, 6) is -0.433. The summed E-state index contributed by atoms with van der Waals surface area (Å²) in [7, 11) is -3.52. The number of hydrogen-bond acceptors (Lipinski definition) is 6. The van der Waals surface area contributed by atoms with E-state index in [4.69, 9.17) is 4.74 Å². The van der Waals surface area contributed by atoms with Crippen molar-refractivity contribution in [3.05, 3.63) is 95.6 Å². The quantitative estimate of drug-likeness (QED) is 0.238. The summed E-state index contributed by atoms with van der Waals surface area (Å²) < 4.78 is 30.9. The highest BCUT2D eigenvalue weighted by Crippen LogP contribution is 2.21. The normalized spacial score (nSPS) is 11.2. The van der Waals surface area contributed by atoms with Gasteiger partial charge in [-0.15, -0.1) is 0 Å². The van der Waals surface area contributed by atoms with Crippen LogP contribution >= 0.6 is 0 Å². The fourth-order valence-electron chi connectivity index (χ4n) is 2.95. The second-order valence-corrected chi connectivity index (χ2v) is 9.07. The molecule has 1 amide bonds. The van der Waals surface area contributed by atoms with E-state index in [-0.39, 0.29) is 6.54 Å². The Morgan fingerprint density at radius 1 is 0.970 bits per heavy atom. The monoisotopic (exact) mass is 465 g/mol. The van der Waals surface area contributed by atoms with Crippen LogP contribution in [-0.4, -0.2) is 32.8 Å². The summed E-state index contributed by atoms with van der Waals surface area (Å²) in [5.41, 5.74) is 4.75. The molecule has 3 rings (SSSR count). The van der Waals surface area contributed by atoms with Gasteiger partial charge in [0.05, 0.1) is 24.7 Å². The Kier molecular flexibility index (Phi) is 7.57. The number of nitrogens with zero attached hydrogens (tertiary/aromatic N) is 2. The van der Waals surface area contributed by atoms with Gasteiger partial charge in [-0.05, 0) is 59.7 Å². The lowest BCUT2D eigenvalue weighted by atomic mass is 10.2. The molecular weight excluding hydrogens is 442 g/mol. The molecule has 0 saturated carbocycles. The van der Waals surface area contributed by atoms with Crippen LogP contribution in [-0.2, 0) is 21.4 Å². The fourth-order valence-corrected chi connectivity index (χ4v) is 3.83. The highest BCUT2D eigenvalue weighted by Gasteiger charge is 2.18. The number of carbonyl (C=O) groups is 2. The number of ether oxygens (including phenoxy) is 1. The van der Waals surface area contributed by atoms with Crippen molar-refractivity contribution in [3.63, 3.8) is 0 Å². The molecule has 33 heavy (non-hydrogen) atoms. The zero-order valence-electron chi connectivity index (χ0n) is 18.1. The topological polar surface area (TPSA) is 105 Å². The zero-order chi connectivity index (χ0) is 23.8. The molecule has 170 valence electrons. The molecule has 0 saturated heterocycles. The van der Waals surface area contributed by atoms with E-state index < -0.39 is 21.9 Å². The fraction of sp³-hybridized carbons (Fsp3) is 0.125. The molecule has 0 spiro atoms. The zero-order valence-corrected chi connectivity index (χ0v) is 19.0. The van der Waals surface area contributed by atoms with Crippen LogP contribution in [0.4, 0.5) is 5.69 Å². The van der Waals surface area contributed by atoms with Gasteiger partial charge < -0.3 is 4.74 Å². The third-order valence-electron chi connectivity index (χ3n) is 4.51. The van der Waals surface area contributed by atoms with Gasteiger partial charge in [-0.25, -0.2) is 13.8 Å². The molecule has 9 heteroatoms. The van der Waals surface area contributed by atoms with Gasteiger partial charge in [-0.2, -0.15) is 5.10 Å². The average molecular weight is 466 g/mol. The van der Waals surface area contributed by atoms with E-state index in [2.05, 4.69) is 10.5 Å². The number of rotatable bonds is 8. The molecule has 3 aromatic carbocycles. The molecule has 0 fully saturated rings. The van der Waals surface area contributed by atoms with Gasteiger partial charge >= 0.3 is 5.97 Å². The lowest BCUT2D eigenvalue weighted by molar-refractivity contribution is -0.131. The molecule has 3 aromatic rings. The van der Waals surface area contributed by atoms with Crippen molar-refractivity contribution >= 4 is 33.8 Å². The second-order valence-electron chi connectivity index (χ2n) is 7.16. The Balaban J connectivity index is 1.65. The first-order chi connectivity index (χ1) is 15.7. The van der Waals surface area contributed by atoms with E-state index in [1.54, 1.807) is 36.4 Å². The highest BCUT2D eigenvalue weighted by molar-refractivity contribution is 7.92. The molecule has 8 nitrogen and oxygen atoms in total. The van der Waals surface area contributed by atoms with Crippen LogP contribution < -0.4 is 14.5 Å². The number of benzene rings is 3. The van der Waals surface area contributed by atoms with Crippen LogP contribution in [0, 0.1) is 0 Å². The van der Waals surface area contributed by atoms with Gasteiger partial charge in [0.1, 0.15) is 5.75 Å². The maximum Gasteiger partial charge on any atom is 0.308 e. The lowest BCUT2D eigenvalue weighted by Gasteiger charge is -2.22. The van der Waals surface area contributed by atoms with Crippen LogP contribution in [0.5, 0.6) is 5.75 Å². The summed E-state index contributed by atoms with van der Waals surface area (Å²) >= 11 is 0. The smallest absolute Gasteiger partial charge is 0.308 e. The minimum absolute atomic E-state index is 0.186. The number of amides is 1. The molecule has 0 radical (unpaired) electrons. The number of anilines is 1. The SMILES string of the molecule is CC(=O)Oc1ccc(/C=N/NC(=O)c2ccc(N(Cc3ccccc3)S(C)(=O)=O)cc2)cc1. The van der Waals surface area contributed by atoms with Crippen molar-refractivity contribution in [2.24, 2.45) is 5.10 Å². The maximum absolute atomic E-state index is 12.4. The molecule has 0 aliphatic rings. The van der Waals surface area contributed by atoms with Crippen molar-refractivity contribution < 1.29 is 22.7 Å². The average Bonchev–Trinajstić information content (AvgIpc) is 2.78. The molecule has 0 bridgehead atoms. The second kappa shape index (κ2) is 10.6. The lowest BCUT2D eigenvalue weighted by Crippen LogP contribution is -2.29. The Hall–Kier alpha value is -3.98. The van der Waals surface area contributed by atoms with Crippen LogP contribution in [0.1, 0.15) is 28.4 Å². The number of nitrogens with one attached hydrogen (secondary N) is 1. The van der Waals surface area contributed by atoms with Gasteiger partial charge in [-0.1, -0.05) is 30.3 Å². The van der Waals surface area contributed by atoms with Crippen LogP contribution in [0.25, 0.3) is 0 Å². The first kappa shape index (κ1) is 23.7. The van der Waals surface area contributed by atoms with Crippen LogP contribution in [0.3, 0.4) is 0 Å². The molecule has 0 aliphatic carbocycles. The molecule has 0 heterocycles. The van der Waals surface area contributed by atoms with E-state index >= 15 is 0 Å². The van der Waals surface area contributed by atoms with Gasteiger partial charge in [0.15, 0.2) is 0 Å². The Morgan fingerprint density at radius 3 is 2.18 bits per heavy atom. The highest BCUT2D eigenvalue weighted by atomic mass is 32.2. The first-order valence-electron chi connectivity index (χ1n) is 9.96. The maximum atomic E-state index is 12.4. The molecule has 0 aliphatic heterocycles. The summed E-state index contributed by atoms with van der Waals surface area (Å²) in [6.45, 7) is 1.51. The van der Waals surface area contributed by atoms with E-state index in [1.165, 1.54) is 29.6 Å². The third-order valence-corrected chi connectivity index (χ3v) is 5.65. The summed E-state index contributed by atoms with van der Waals surface area (Å²) in [4.78, 5) is 23.3. The largest absolute Gasteiger partial charge is 0.427 e. The van der Waals surface area contributed by atoms with E-state index in [0.717, 1.165) is 11.8 Å². The summed E-state index contributed by atoms with van der Waals surface area (Å²) in [6.07, 6.45) is 2.60. The van der Waals surface area contributed by atoms with E-state index in [0.29, 0.717) is 22.6 Å². The van der Waals surface area contributed by atoms with E-state index in [9.17, 15) is 18.0 Å². The van der Waals surface area contributed by atoms with Crippen LogP contribution in [0.15, 0.2) is 84.0 Å². The minimum Gasteiger partial charge on any atom is -0.427 e. The first-order valence-corrected chi connectivity index (χ1v) is 11.8. The summed E-state index contributed by atoms with van der Waals surface area (Å²) in [6, 6.07) is 22.1. The van der Waals surface area contributed by atoms with Crippen molar-refractivity contribution in [2.75, 3.05) is 10.6 Å². The van der Waals surface area contributed by atoms with Crippen molar-refractivity contribution in [1.82, 2.24) is 5.43 Å². The van der Waals surface area contributed by atoms with Crippen molar-refractivity contribution in [1.29, 1.82) is 0 Å². The Bertz CT molecular complexity index is 1240. The van der Waals surface area contributed by atoms with Gasteiger partial charge in [-0.3, -0.25) is 13.9 Å². The minimum atomic E-state index is -3.52. The van der Waals surface area contributed by atoms with Gasteiger partial charge in [0, 0.05) is 12.5 Å². The predicted octanol–water partition coefficient (Wildman–Crippen LogP) is 3.34. The molecule has 0 aromatic heterocycles. The number of hydrazone groups is 1. The Morgan fingerprint density at radius 2 is 1.61 bits per heavy atom. The predicted molar refractivity (Wildman–Crippen MR) is 127 cm³/mol. The van der Waals surface area contributed by atoms with Gasteiger partial charge in [0.2, 0.25) is 10.0 Å². The van der Waals surface area contributed by atoms with Crippen LogP contribution in [0.2, 0.25) is 0 Å². The van der Waals surface area contributed by atoms with E-state index in [1.807, 2.05) is 30.3 Å². The number of carbonyl (C=O) groups excluding carboxylic acids is 2. The molecule has 1 N–H and O–H groups in total.